The quantitative estimate of drug-likeness (QED) is 0.571. The van der Waals surface area contributed by atoms with Crippen LogP contribution in [0.1, 0.15) is 6.42 Å². The highest BCUT2D eigenvalue weighted by Crippen LogP contribution is 2.23. The van der Waals surface area contributed by atoms with Crippen molar-refractivity contribution in [3.05, 3.63) is 42.5 Å². The molecule has 0 saturated carbocycles. The number of rotatable bonds is 7. The number of likely N-dealkylation sites (N-methyl/N-ethyl adjacent to an activating group) is 1. The molecule has 6 heteroatoms. The zero-order chi connectivity index (χ0) is 17.4. The summed E-state index contributed by atoms with van der Waals surface area (Å²) >= 11 is 1.37. The van der Waals surface area contributed by atoms with E-state index in [-0.39, 0.29) is 24.7 Å². The van der Waals surface area contributed by atoms with Gasteiger partial charge in [-0.05, 0) is 22.9 Å². The van der Waals surface area contributed by atoms with Crippen molar-refractivity contribution in [2.24, 2.45) is 0 Å². The van der Waals surface area contributed by atoms with E-state index in [9.17, 15) is 9.59 Å². The van der Waals surface area contributed by atoms with Gasteiger partial charge in [-0.15, -0.1) is 11.8 Å². The van der Waals surface area contributed by atoms with Crippen LogP contribution < -0.4 is 0 Å². The van der Waals surface area contributed by atoms with Crippen LogP contribution in [0.5, 0.6) is 0 Å². The molecule has 1 amide bonds. The van der Waals surface area contributed by atoms with Gasteiger partial charge >= 0.3 is 5.97 Å². The second-order valence-corrected chi connectivity index (χ2v) is 6.23. The highest BCUT2D eigenvalue weighted by molar-refractivity contribution is 8.00. The molecule has 0 aliphatic heterocycles. The Labute approximate surface area is 145 Å². The van der Waals surface area contributed by atoms with Crippen LogP contribution >= 0.6 is 11.8 Å². The molecule has 0 atom stereocenters. The minimum atomic E-state index is -0.435. The second-order valence-electron chi connectivity index (χ2n) is 5.18. The molecular formula is C18H18N2O3S. The van der Waals surface area contributed by atoms with Crippen LogP contribution in [-0.2, 0) is 14.3 Å². The Morgan fingerprint density at radius 1 is 1.21 bits per heavy atom. The molecule has 0 saturated heterocycles. The van der Waals surface area contributed by atoms with Crippen LogP contribution in [-0.4, -0.2) is 42.7 Å². The SMILES string of the molecule is CN(CCC#N)C(=O)COC(=O)CSc1ccc2ccccc2c1. The number of amides is 1. The Hall–Kier alpha value is -2.52. The highest BCUT2D eigenvalue weighted by Gasteiger charge is 2.12. The van der Waals surface area contributed by atoms with Crippen molar-refractivity contribution in [1.82, 2.24) is 4.90 Å². The highest BCUT2D eigenvalue weighted by atomic mass is 32.2. The number of carbonyl (C=O) groups is 2. The number of carbonyl (C=O) groups excluding carboxylic acids is 2. The van der Waals surface area contributed by atoms with Gasteiger partial charge in [-0.2, -0.15) is 5.26 Å². The van der Waals surface area contributed by atoms with Gasteiger partial charge in [-0.1, -0.05) is 30.3 Å². The van der Waals surface area contributed by atoms with E-state index in [1.54, 1.807) is 7.05 Å². The molecule has 0 spiro atoms. The lowest BCUT2D eigenvalue weighted by atomic mass is 10.1. The number of nitrogens with zero attached hydrogens (tertiary/aromatic N) is 2. The average Bonchev–Trinajstić information content (AvgIpc) is 2.62. The maximum atomic E-state index is 11.8. The summed E-state index contributed by atoms with van der Waals surface area (Å²) in [7, 11) is 1.58. The van der Waals surface area contributed by atoms with E-state index in [0.717, 1.165) is 15.7 Å². The molecule has 0 aromatic heterocycles. The summed E-state index contributed by atoms with van der Waals surface area (Å²) in [6.07, 6.45) is 0.258. The largest absolute Gasteiger partial charge is 0.455 e. The molecule has 2 rings (SSSR count). The molecule has 0 heterocycles. The maximum absolute atomic E-state index is 11.8. The first-order valence-electron chi connectivity index (χ1n) is 7.48. The monoisotopic (exact) mass is 342 g/mol. The molecule has 0 aliphatic carbocycles. The lowest BCUT2D eigenvalue weighted by molar-refractivity contribution is -0.149. The summed E-state index contributed by atoms with van der Waals surface area (Å²) in [4.78, 5) is 25.8. The van der Waals surface area contributed by atoms with Gasteiger partial charge in [-0.3, -0.25) is 9.59 Å². The molecule has 0 bridgehead atoms. The fourth-order valence-electron chi connectivity index (χ4n) is 2.04. The predicted octanol–water partition coefficient (Wildman–Crippen LogP) is 2.85. The smallest absolute Gasteiger partial charge is 0.316 e. The van der Waals surface area contributed by atoms with Crippen molar-refractivity contribution in [3.8, 4) is 6.07 Å². The Morgan fingerprint density at radius 3 is 2.71 bits per heavy atom. The van der Waals surface area contributed by atoms with Gasteiger partial charge in [0.15, 0.2) is 6.61 Å². The fourth-order valence-corrected chi connectivity index (χ4v) is 2.78. The number of thioether (sulfide) groups is 1. The summed E-state index contributed by atoms with van der Waals surface area (Å²) in [5.41, 5.74) is 0. The van der Waals surface area contributed by atoms with Crippen molar-refractivity contribution in [3.63, 3.8) is 0 Å². The summed E-state index contributed by atoms with van der Waals surface area (Å²) < 4.78 is 4.98. The Balaban J connectivity index is 1.78. The number of fused-ring (bicyclic) bond motifs is 1. The molecule has 124 valence electrons. The minimum absolute atomic E-state index is 0.146. The van der Waals surface area contributed by atoms with E-state index in [0.29, 0.717) is 6.54 Å². The fraction of sp³-hybridized carbons (Fsp3) is 0.278. The molecule has 2 aromatic rings. The molecule has 0 radical (unpaired) electrons. The number of benzene rings is 2. The third-order valence-corrected chi connectivity index (χ3v) is 4.39. The van der Waals surface area contributed by atoms with E-state index < -0.39 is 5.97 Å². The van der Waals surface area contributed by atoms with Crippen LogP contribution in [0.25, 0.3) is 10.8 Å². The zero-order valence-electron chi connectivity index (χ0n) is 13.4. The third-order valence-electron chi connectivity index (χ3n) is 3.42. The molecule has 2 aromatic carbocycles. The van der Waals surface area contributed by atoms with Gasteiger partial charge in [0.2, 0.25) is 0 Å². The van der Waals surface area contributed by atoms with Crippen LogP contribution in [0.15, 0.2) is 47.4 Å². The molecule has 5 nitrogen and oxygen atoms in total. The van der Waals surface area contributed by atoms with Crippen molar-refractivity contribution in [2.75, 3.05) is 26.0 Å². The summed E-state index contributed by atoms with van der Waals surface area (Å²) in [6.45, 7) is 0.0395. The molecule has 24 heavy (non-hydrogen) atoms. The number of esters is 1. The number of hydrogen-bond donors (Lipinski definition) is 0. The molecule has 0 fully saturated rings. The van der Waals surface area contributed by atoms with Gasteiger partial charge in [0.25, 0.3) is 5.91 Å². The first kappa shape index (κ1) is 17.8. The van der Waals surface area contributed by atoms with Crippen LogP contribution in [0.3, 0.4) is 0 Å². The average molecular weight is 342 g/mol. The zero-order valence-corrected chi connectivity index (χ0v) is 14.2. The van der Waals surface area contributed by atoms with E-state index >= 15 is 0 Å². The predicted molar refractivity (Wildman–Crippen MR) is 93.5 cm³/mol. The normalized spacial score (nSPS) is 10.2. The number of nitriles is 1. The number of ether oxygens (including phenoxy) is 1. The first-order valence-corrected chi connectivity index (χ1v) is 8.47. The van der Waals surface area contributed by atoms with E-state index in [1.165, 1.54) is 16.7 Å². The van der Waals surface area contributed by atoms with Gasteiger partial charge < -0.3 is 9.64 Å². The van der Waals surface area contributed by atoms with Gasteiger partial charge in [0, 0.05) is 18.5 Å². The molecule has 0 N–H and O–H groups in total. The van der Waals surface area contributed by atoms with E-state index in [4.69, 9.17) is 10.00 Å². The van der Waals surface area contributed by atoms with Crippen LogP contribution in [0, 0.1) is 11.3 Å². The number of hydrogen-bond acceptors (Lipinski definition) is 5. The van der Waals surface area contributed by atoms with E-state index in [2.05, 4.69) is 0 Å². The topological polar surface area (TPSA) is 70.4 Å². The Morgan fingerprint density at radius 2 is 1.96 bits per heavy atom. The van der Waals surface area contributed by atoms with Gasteiger partial charge in [0.05, 0.1) is 18.2 Å². The van der Waals surface area contributed by atoms with Crippen molar-refractivity contribution in [1.29, 1.82) is 5.26 Å². The van der Waals surface area contributed by atoms with Crippen molar-refractivity contribution >= 4 is 34.4 Å². The first-order chi connectivity index (χ1) is 11.6. The van der Waals surface area contributed by atoms with Crippen LogP contribution in [0.2, 0.25) is 0 Å². The van der Waals surface area contributed by atoms with E-state index in [1.807, 2.05) is 48.5 Å². The maximum Gasteiger partial charge on any atom is 0.316 e. The minimum Gasteiger partial charge on any atom is -0.455 e. The van der Waals surface area contributed by atoms with Gasteiger partial charge in [-0.25, -0.2) is 0 Å². The summed E-state index contributed by atoms with van der Waals surface area (Å²) in [5, 5.41) is 10.7. The molecule has 0 aliphatic rings. The standard InChI is InChI=1S/C18H18N2O3S/c1-20(10-4-9-19)17(21)12-23-18(22)13-24-16-8-7-14-5-2-3-6-15(14)11-16/h2-3,5-8,11H,4,10,12-13H2,1H3. The van der Waals surface area contributed by atoms with Crippen molar-refractivity contribution < 1.29 is 14.3 Å². The van der Waals surface area contributed by atoms with Crippen molar-refractivity contribution in [2.45, 2.75) is 11.3 Å². The van der Waals surface area contributed by atoms with Crippen LogP contribution in [0.4, 0.5) is 0 Å². The summed E-state index contributed by atoms with van der Waals surface area (Å²) in [5.74, 6) is -0.599. The Bertz CT molecular complexity index is 770. The molecule has 0 unspecified atom stereocenters. The summed E-state index contributed by atoms with van der Waals surface area (Å²) in [6, 6.07) is 16.0. The molecular weight excluding hydrogens is 324 g/mol. The lowest BCUT2D eigenvalue weighted by Gasteiger charge is -2.15. The Kier molecular flexibility index (Phi) is 6.64. The third kappa shape index (κ3) is 5.28. The van der Waals surface area contributed by atoms with Gasteiger partial charge in [0.1, 0.15) is 0 Å². The second kappa shape index (κ2) is 8.94. The lowest BCUT2D eigenvalue weighted by Crippen LogP contribution is -2.32.